The molecule has 0 aromatic heterocycles. The number of aliphatic hydroxyl groups is 3. The van der Waals surface area contributed by atoms with Crippen LogP contribution < -0.4 is 14.8 Å². The Morgan fingerprint density at radius 1 is 1.16 bits per heavy atom. The van der Waals surface area contributed by atoms with Crippen molar-refractivity contribution in [2.45, 2.75) is 82.3 Å². The molecule has 2 amide bonds. The summed E-state index contributed by atoms with van der Waals surface area (Å²) in [5.41, 5.74) is 1.40. The van der Waals surface area contributed by atoms with Gasteiger partial charge in [0.15, 0.2) is 11.5 Å². The molecule has 0 bridgehead atoms. The van der Waals surface area contributed by atoms with Gasteiger partial charge in [0.05, 0.1) is 32.3 Å². The van der Waals surface area contributed by atoms with Gasteiger partial charge in [-0.2, -0.15) is 0 Å². The van der Waals surface area contributed by atoms with Crippen molar-refractivity contribution in [2.75, 3.05) is 20.3 Å². The molecule has 1 aromatic rings. The number of fused-ring (bicyclic) bond motifs is 3. The largest absolute Gasteiger partial charge is 0.493 e. The van der Waals surface area contributed by atoms with E-state index in [1.165, 1.54) is 12.0 Å². The smallest absolute Gasteiger partial charge is 0.290 e. The predicted molar refractivity (Wildman–Crippen MR) is 133 cm³/mol. The van der Waals surface area contributed by atoms with Crippen LogP contribution in [0.1, 0.15) is 62.5 Å². The molecule has 10 heteroatoms. The second kappa shape index (κ2) is 11.6. The molecule has 0 unspecified atom stereocenters. The Balaban J connectivity index is 1.83. The molecule has 0 radical (unpaired) electrons. The minimum Gasteiger partial charge on any atom is -0.493 e. The van der Waals surface area contributed by atoms with E-state index in [0.717, 1.165) is 19.3 Å². The zero-order valence-electron chi connectivity index (χ0n) is 21.3. The molecule has 4 rings (SSSR count). The van der Waals surface area contributed by atoms with Gasteiger partial charge in [0.1, 0.15) is 12.2 Å². The Bertz CT molecular complexity index is 1060. The number of ketones is 1. The number of rotatable bonds is 9. The minimum absolute atomic E-state index is 0.0219. The Morgan fingerprint density at radius 3 is 2.51 bits per heavy atom. The first-order chi connectivity index (χ1) is 17.9. The fraction of sp³-hybridized carbons (Fsp3) is 0.593. The fourth-order valence-corrected chi connectivity index (χ4v) is 5.79. The van der Waals surface area contributed by atoms with E-state index >= 15 is 0 Å². The van der Waals surface area contributed by atoms with Gasteiger partial charge in [-0.25, -0.2) is 0 Å². The standard InChI is InChI=1S/C27H36N2O8/c1-3-20(32)27(35)29(16-7-5-4-6-8-16)19-13-18(26(34)28-9-10-30)22-17-11-15(14-31)12-21(36-2)24(17)37-25(22)23(19)33/h11-13,16,19,22-23,25,30-31,33H,3-10,14H2,1-2H3,(H,28,34)/t19-,22+,23+,25+/m1/s1. The van der Waals surface area contributed by atoms with Crippen molar-refractivity contribution in [1.29, 1.82) is 0 Å². The summed E-state index contributed by atoms with van der Waals surface area (Å²) in [6.07, 6.45) is 3.69. The van der Waals surface area contributed by atoms with E-state index in [1.54, 1.807) is 25.1 Å². The number of hydrogen-bond acceptors (Lipinski definition) is 8. The lowest BCUT2D eigenvalue weighted by molar-refractivity contribution is -0.151. The summed E-state index contributed by atoms with van der Waals surface area (Å²) in [7, 11) is 1.46. The highest BCUT2D eigenvalue weighted by atomic mass is 16.5. The van der Waals surface area contributed by atoms with Crippen LogP contribution in [0.5, 0.6) is 11.5 Å². The number of nitrogens with zero attached hydrogens (tertiary/aromatic N) is 1. The van der Waals surface area contributed by atoms with E-state index in [2.05, 4.69) is 5.32 Å². The first-order valence-corrected chi connectivity index (χ1v) is 13.0. The van der Waals surface area contributed by atoms with Gasteiger partial charge < -0.3 is 35.0 Å². The van der Waals surface area contributed by atoms with Crippen LogP contribution in [0.4, 0.5) is 0 Å². The molecule has 37 heavy (non-hydrogen) atoms. The summed E-state index contributed by atoms with van der Waals surface area (Å²) in [6, 6.07) is 2.14. The lowest BCUT2D eigenvalue weighted by Crippen LogP contribution is -2.59. The summed E-state index contributed by atoms with van der Waals surface area (Å²) >= 11 is 0. The van der Waals surface area contributed by atoms with Crippen LogP contribution in [0.15, 0.2) is 23.8 Å². The molecule has 1 aromatic carbocycles. The molecule has 2 aliphatic carbocycles. The molecule has 202 valence electrons. The number of hydrogen-bond donors (Lipinski definition) is 4. The highest BCUT2D eigenvalue weighted by Crippen LogP contribution is 2.51. The SMILES string of the molecule is CCC(=O)C(=O)N(C1CCCCC1)[C@@H]1C=C(C(=O)NCCO)[C@@H]2c3cc(CO)cc(OC)c3O[C@@H]2[C@H]1O. The molecule has 0 spiro atoms. The molecule has 1 aliphatic heterocycles. The zero-order valence-corrected chi connectivity index (χ0v) is 21.3. The fourth-order valence-electron chi connectivity index (χ4n) is 5.79. The van der Waals surface area contributed by atoms with Gasteiger partial charge in [0.2, 0.25) is 11.7 Å². The van der Waals surface area contributed by atoms with E-state index in [1.807, 2.05) is 0 Å². The lowest BCUT2D eigenvalue weighted by atomic mass is 9.76. The normalized spacial score (nSPS) is 24.8. The van der Waals surface area contributed by atoms with Crippen molar-refractivity contribution >= 4 is 17.6 Å². The number of aliphatic hydroxyl groups excluding tert-OH is 3. The maximum Gasteiger partial charge on any atom is 0.290 e. The average molecular weight is 517 g/mol. The van der Waals surface area contributed by atoms with Crippen LogP contribution in [0.25, 0.3) is 0 Å². The molecular formula is C27H36N2O8. The third kappa shape index (κ3) is 5.10. The van der Waals surface area contributed by atoms with Gasteiger partial charge in [0, 0.05) is 30.1 Å². The third-order valence-corrected chi connectivity index (χ3v) is 7.58. The number of amides is 2. The Hall–Kier alpha value is -2.95. The van der Waals surface area contributed by atoms with E-state index in [9.17, 15) is 29.7 Å². The Morgan fingerprint density at radius 2 is 1.89 bits per heavy atom. The van der Waals surface area contributed by atoms with Gasteiger partial charge in [-0.1, -0.05) is 26.2 Å². The number of ether oxygens (including phenoxy) is 2. The van der Waals surface area contributed by atoms with Gasteiger partial charge in [-0.05, 0) is 36.6 Å². The number of carbonyl (C=O) groups excluding carboxylic acids is 3. The van der Waals surface area contributed by atoms with Crippen LogP contribution >= 0.6 is 0 Å². The van der Waals surface area contributed by atoms with Crippen molar-refractivity contribution < 1.29 is 39.2 Å². The molecular weight excluding hydrogens is 480 g/mol. The number of Topliss-reactive ketones (excluding diaryl/α,β-unsaturated/α-hetero) is 1. The van der Waals surface area contributed by atoms with Gasteiger partial charge in [-0.3, -0.25) is 14.4 Å². The number of methoxy groups -OCH3 is 1. The highest BCUT2D eigenvalue weighted by molar-refractivity contribution is 6.36. The molecule has 10 nitrogen and oxygen atoms in total. The van der Waals surface area contributed by atoms with Gasteiger partial charge >= 0.3 is 0 Å². The number of carbonyl (C=O) groups is 3. The van der Waals surface area contributed by atoms with E-state index < -0.39 is 41.8 Å². The van der Waals surface area contributed by atoms with E-state index in [-0.39, 0.29) is 37.8 Å². The molecule has 4 atom stereocenters. The van der Waals surface area contributed by atoms with Crippen molar-refractivity contribution in [2.24, 2.45) is 0 Å². The second-order valence-corrected chi connectivity index (χ2v) is 9.80. The average Bonchev–Trinajstić information content (AvgIpc) is 3.32. The molecule has 0 saturated heterocycles. The quantitative estimate of drug-likeness (QED) is 0.355. The molecule has 3 aliphatic rings. The molecule has 1 fully saturated rings. The summed E-state index contributed by atoms with van der Waals surface area (Å²) in [6.45, 7) is 1.13. The van der Waals surface area contributed by atoms with Crippen LogP contribution in [-0.4, -0.2) is 82.4 Å². The first kappa shape index (κ1) is 27.1. The zero-order chi connectivity index (χ0) is 26.7. The first-order valence-electron chi connectivity index (χ1n) is 13.0. The summed E-state index contributed by atoms with van der Waals surface area (Å²) in [5, 5.41) is 33.4. The summed E-state index contributed by atoms with van der Waals surface area (Å²) < 4.78 is 11.7. The maximum absolute atomic E-state index is 13.4. The number of nitrogens with one attached hydrogen (secondary N) is 1. The van der Waals surface area contributed by atoms with E-state index in [0.29, 0.717) is 35.5 Å². The van der Waals surface area contributed by atoms with Crippen molar-refractivity contribution in [3.63, 3.8) is 0 Å². The second-order valence-electron chi connectivity index (χ2n) is 9.80. The van der Waals surface area contributed by atoms with Crippen LogP contribution in [0, 0.1) is 0 Å². The Labute approximate surface area is 216 Å². The predicted octanol–water partition coefficient (Wildman–Crippen LogP) is 0.951. The minimum atomic E-state index is -1.23. The van der Waals surface area contributed by atoms with Crippen molar-refractivity contribution in [1.82, 2.24) is 10.2 Å². The van der Waals surface area contributed by atoms with Gasteiger partial charge in [0.25, 0.3) is 5.91 Å². The summed E-state index contributed by atoms with van der Waals surface area (Å²) in [4.78, 5) is 40.8. The molecule has 1 heterocycles. The van der Waals surface area contributed by atoms with Crippen LogP contribution in [-0.2, 0) is 21.0 Å². The third-order valence-electron chi connectivity index (χ3n) is 7.58. The van der Waals surface area contributed by atoms with E-state index in [4.69, 9.17) is 9.47 Å². The van der Waals surface area contributed by atoms with Crippen molar-refractivity contribution in [3.05, 3.63) is 34.9 Å². The van der Waals surface area contributed by atoms with Crippen LogP contribution in [0.2, 0.25) is 0 Å². The molecule has 1 saturated carbocycles. The molecule has 4 N–H and O–H groups in total. The van der Waals surface area contributed by atoms with Crippen LogP contribution in [0.3, 0.4) is 0 Å². The monoisotopic (exact) mass is 516 g/mol. The van der Waals surface area contributed by atoms with Gasteiger partial charge in [-0.15, -0.1) is 0 Å². The summed E-state index contributed by atoms with van der Waals surface area (Å²) in [5.74, 6) is -1.68. The topological polar surface area (TPSA) is 146 Å². The van der Waals surface area contributed by atoms with Crippen molar-refractivity contribution in [3.8, 4) is 11.5 Å². The number of benzene rings is 1. The Kier molecular flexibility index (Phi) is 8.51. The lowest BCUT2D eigenvalue weighted by Gasteiger charge is -2.44. The highest BCUT2D eigenvalue weighted by Gasteiger charge is 2.52. The maximum atomic E-state index is 13.4.